The summed E-state index contributed by atoms with van der Waals surface area (Å²) in [6.45, 7) is 3.47. The molecule has 1 rings (SSSR count). The van der Waals surface area contributed by atoms with Crippen molar-refractivity contribution in [2.45, 2.75) is 32.5 Å². The molecule has 3 N–H and O–H groups in total. The van der Waals surface area contributed by atoms with Gasteiger partial charge in [-0.2, -0.15) is 0 Å². The van der Waals surface area contributed by atoms with Gasteiger partial charge in [-0.05, 0) is 20.9 Å². The topological polar surface area (TPSA) is 109 Å². The van der Waals surface area contributed by atoms with Gasteiger partial charge in [-0.15, -0.1) is 5.10 Å². The molecule has 0 aromatic carbocycles. The lowest BCUT2D eigenvalue weighted by molar-refractivity contribution is -0.138. The van der Waals surface area contributed by atoms with Gasteiger partial charge in [0.05, 0.1) is 18.3 Å². The number of aromatic nitrogens is 3. The molecular weight excluding hydrogens is 238 g/mol. The maximum Gasteiger partial charge on any atom is 0.325 e. The Bertz CT molecular complexity index is 440. The van der Waals surface area contributed by atoms with Crippen LogP contribution in [-0.2, 0) is 22.7 Å². The Kier molecular flexibility index (Phi) is 4.38. The van der Waals surface area contributed by atoms with Crippen LogP contribution in [-0.4, -0.2) is 44.6 Å². The predicted molar refractivity (Wildman–Crippen MR) is 62.6 cm³/mol. The van der Waals surface area contributed by atoms with E-state index in [1.165, 1.54) is 10.9 Å². The molecule has 0 saturated carbocycles. The monoisotopic (exact) mass is 255 g/mol. The number of carboxylic acid groups (broad SMARTS) is 1. The van der Waals surface area contributed by atoms with Gasteiger partial charge in [0, 0.05) is 0 Å². The van der Waals surface area contributed by atoms with Crippen molar-refractivity contribution >= 4 is 11.9 Å². The largest absolute Gasteiger partial charge is 0.480 e. The SMILES string of the molecule is CNC(C)(C)C(=O)NCc1cn(CC(=O)O)nn1. The molecule has 0 bridgehead atoms. The van der Waals surface area contributed by atoms with Gasteiger partial charge < -0.3 is 15.7 Å². The molecule has 8 nitrogen and oxygen atoms in total. The summed E-state index contributed by atoms with van der Waals surface area (Å²) in [5.74, 6) is -1.16. The zero-order valence-corrected chi connectivity index (χ0v) is 10.6. The van der Waals surface area contributed by atoms with Crippen LogP contribution in [0.3, 0.4) is 0 Å². The van der Waals surface area contributed by atoms with Crippen molar-refractivity contribution < 1.29 is 14.7 Å². The third-order valence-corrected chi connectivity index (χ3v) is 2.51. The summed E-state index contributed by atoms with van der Waals surface area (Å²) < 4.78 is 1.20. The van der Waals surface area contributed by atoms with Gasteiger partial charge >= 0.3 is 5.97 Å². The molecule has 8 heteroatoms. The molecule has 1 aromatic rings. The molecule has 0 spiro atoms. The van der Waals surface area contributed by atoms with Crippen molar-refractivity contribution in [3.8, 4) is 0 Å². The maximum absolute atomic E-state index is 11.7. The van der Waals surface area contributed by atoms with Crippen LogP contribution in [0.4, 0.5) is 0 Å². The molecule has 0 fully saturated rings. The van der Waals surface area contributed by atoms with E-state index in [0.717, 1.165) is 0 Å². The van der Waals surface area contributed by atoms with E-state index in [2.05, 4.69) is 20.9 Å². The molecule has 1 aromatic heterocycles. The van der Waals surface area contributed by atoms with Crippen molar-refractivity contribution in [2.24, 2.45) is 0 Å². The summed E-state index contributed by atoms with van der Waals surface area (Å²) in [5, 5.41) is 21.5. The number of carbonyl (C=O) groups excluding carboxylic acids is 1. The van der Waals surface area contributed by atoms with Crippen LogP contribution in [0, 0.1) is 0 Å². The highest BCUT2D eigenvalue weighted by Crippen LogP contribution is 2.01. The van der Waals surface area contributed by atoms with Gasteiger partial charge in [-0.25, -0.2) is 4.68 Å². The first kappa shape index (κ1) is 14.1. The third kappa shape index (κ3) is 3.81. The van der Waals surface area contributed by atoms with Gasteiger partial charge in [0.25, 0.3) is 0 Å². The number of amides is 1. The van der Waals surface area contributed by atoms with Crippen molar-refractivity contribution in [1.82, 2.24) is 25.6 Å². The quantitative estimate of drug-likeness (QED) is 0.600. The number of likely N-dealkylation sites (N-methyl/N-ethyl adjacent to an activating group) is 1. The molecular formula is C10H17N5O3. The minimum Gasteiger partial charge on any atom is -0.480 e. The lowest BCUT2D eigenvalue weighted by Gasteiger charge is -2.22. The van der Waals surface area contributed by atoms with Gasteiger partial charge in [0.1, 0.15) is 12.2 Å². The molecule has 0 radical (unpaired) electrons. The fourth-order valence-corrected chi connectivity index (χ4v) is 1.14. The Labute approximate surface area is 104 Å². The Morgan fingerprint density at radius 1 is 1.50 bits per heavy atom. The molecule has 0 unspecified atom stereocenters. The number of nitrogens with one attached hydrogen (secondary N) is 2. The first-order valence-electron chi connectivity index (χ1n) is 5.43. The van der Waals surface area contributed by atoms with Gasteiger partial charge in [0.2, 0.25) is 5.91 Å². The van der Waals surface area contributed by atoms with E-state index in [4.69, 9.17) is 5.11 Å². The van der Waals surface area contributed by atoms with Crippen molar-refractivity contribution in [3.05, 3.63) is 11.9 Å². The summed E-state index contributed by atoms with van der Waals surface area (Å²) in [6.07, 6.45) is 1.49. The highest BCUT2D eigenvalue weighted by atomic mass is 16.4. The highest BCUT2D eigenvalue weighted by Gasteiger charge is 2.24. The average Bonchev–Trinajstić information content (AvgIpc) is 2.72. The number of hydrogen-bond acceptors (Lipinski definition) is 5. The molecule has 0 atom stereocenters. The molecule has 1 heterocycles. The molecule has 0 aliphatic carbocycles. The second-order valence-corrected chi connectivity index (χ2v) is 4.36. The molecule has 1 amide bonds. The van der Waals surface area contributed by atoms with Crippen LogP contribution >= 0.6 is 0 Å². The Balaban J connectivity index is 2.51. The molecule has 0 aliphatic rings. The fraction of sp³-hybridized carbons (Fsp3) is 0.600. The smallest absolute Gasteiger partial charge is 0.325 e. The molecule has 18 heavy (non-hydrogen) atoms. The van der Waals surface area contributed by atoms with Gasteiger partial charge in [-0.3, -0.25) is 9.59 Å². The second kappa shape index (κ2) is 5.58. The molecule has 0 aliphatic heterocycles. The Hall–Kier alpha value is -1.96. The van der Waals surface area contributed by atoms with Crippen LogP contribution in [0.5, 0.6) is 0 Å². The van der Waals surface area contributed by atoms with E-state index < -0.39 is 11.5 Å². The third-order valence-electron chi connectivity index (χ3n) is 2.51. The van der Waals surface area contributed by atoms with E-state index in [1.54, 1.807) is 20.9 Å². The van der Waals surface area contributed by atoms with Crippen LogP contribution in [0.1, 0.15) is 19.5 Å². The fourth-order valence-electron chi connectivity index (χ4n) is 1.14. The molecule has 100 valence electrons. The van der Waals surface area contributed by atoms with Gasteiger partial charge in [0.15, 0.2) is 0 Å². The summed E-state index contributed by atoms with van der Waals surface area (Å²) >= 11 is 0. The van der Waals surface area contributed by atoms with Crippen molar-refractivity contribution in [3.63, 3.8) is 0 Å². The first-order valence-corrected chi connectivity index (χ1v) is 5.43. The van der Waals surface area contributed by atoms with E-state index >= 15 is 0 Å². The van der Waals surface area contributed by atoms with Crippen molar-refractivity contribution in [2.75, 3.05) is 7.05 Å². The molecule has 0 saturated heterocycles. The average molecular weight is 255 g/mol. The number of aliphatic carboxylic acids is 1. The number of hydrogen-bond donors (Lipinski definition) is 3. The lowest BCUT2D eigenvalue weighted by atomic mass is 10.1. The van der Waals surface area contributed by atoms with Crippen LogP contribution in [0.2, 0.25) is 0 Å². The van der Waals surface area contributed by atoms with Crippen molar-refractivity contribution in [1.29, 1.82) is 0 Å². The van der Waals surface area contributed by atoms with Crippen LogP contribution in [0.15, 0.2) is 6.20 Å². The van der Waals surface area contributed by atoms with Gasteiger partial charge in [-0.1, -0.05) is 5.21 Å². The van der Waals surface area contributed by atoms with E-state index in [1.807, 2.05) is 0 Å². The first-order chi connectivity index (χ1) is 8.35. The number of rotatable bonds is 6. The standard InChI is InChI=1S/C10H17N5O3/c1-10(2,11-3)9(18)12-4-7-5-15(14-13-7)6-8(16)17/h5,11H,4,6H2,1-3H3,(H,12,18)(H,16,17). The number of carbonyl (C=O) groups is 2. The highest BCUT2D eigenvalue weighted by molar-refractivity contribution is 5.85. The number of carboxylic acids is 1. The summed E-state index contributed by atoms with van der Waals surface area (Å²) in [7, 11) is 1.70. The zero-order chi connectivity index (χ0) is 13.8. The van der Waals surface area contributed by atoms with Crippen LogP contribution < -0.4 is 10.6 Å². The summed E-state index contributed by atoms with van der Waals surface area (Å²) in [5.41, 5.74) is -0.159. The Morgan fingerprint density at radius 3 is 2.72 bits per heavy atom. The van der Waals surface area contributed by atoms with E-state index in [9.17, 15) is 9.59 Å². The minimum absolute atomic E-state index is 0.169. The maximum atomic E-state index is 11.7. The van der Waals surface area contributed by atoms with E-state index in [-0.39, 0.29) is 19.0 Å². The summed E-state index contributed by atoms with van der Waals surface area (Å²) in [6, 6.07) is 0. The van der Waals surface area contributed by atoms with Crippen LogP contribution in [0.25, 0.3) is 0 Å². The Morgan fingerprint density at radius 2 is 2.17 bits per heavy atom. The normalized spacial score (nSPS) is 11.3. The summed E-state index contributed by atoms with van der Waals surface area (Å²) in [4.78, 5) is 22.2. The lowest BCUT2D eigenvalue weighted by Crippen LogP contribution is -2.50. The zero-order valence-electron chi connectivity index (χ0n) is 10.6. The minimum atomic E-state index is -0.994. The predicted octanol–water partition coefficient (Wildman–Crippen LogP) is -1.02. The second-order valence-electron chi connectivity index (χ2n) is 4.36. The van der Waals surface area contributed by atoms with E-state index in [0.29, 0.717) is 5.69 Å². The number of nitrogens with zero attached hydrogens (tertiary/aromatic N) is 3.